The van der Waals surface area contributed by atoms with Gasteiger partial charge in [0.1, 0.15) is 11.0 Å². The predicted octanol–water partition coefficient (Wildman–Crippen LogP) is 3.70. The third-order valence-corrected chi connectivity index (χ3v) is 2.93. The standard InChI is InChI=1S/C13H11ClFN3O2/c1-8-6-9(2-3-10(8)15)7-16-13-11(18(19)20)4-5-12(14)17-13/h2-6H,7H2,1H3,(H,16,17). The van der Waals surface area contributed by atoms with Crippen LogP contribution in [0.4, 0.5) is 15.9 Å². The maximum atomic E-state index is 13.1. The van der Waals surface area contributed by atoms with Crippen molar-refractivity contribution in [2.24, 2.45) is 0 Å². The predicted molar refractivity (Wildman–Crippen MR) is 74.4 cm³/mol. The fraction of sp³-hybridized carbons (Fsp3) is 0.154. The van der Waals surface area contributed by atoms with Crippen molar-refractivity contribution in [2.75, 3.05) is 5.32 Å². The Morgan fingerprint density at radius 3 is 2.80 bits per heavy atom. The van der Waals surface area contributed by atoms with E-state index in [0.29, 0.717) is 5.56 Å². The number of nitrogens with zero attached hydrogens (tertiary/aromatic N) is 2. The van der Waals surface area contributed by atoms with Crippen molar-refractivity contribution in [3.05, 3.63) is 62.5 Å². The van der Waals surface area contributed by atoms with Crippen molar-refractivity contribution < 1.29 is 9.31 Å². The first kappa shape index (κ1) is 14.2. The van der Waals surface area contributed by atoms with E-state index in [1.54, 1.807) is 19.1 Å². The van der Waals surface area contributed by atoms with Gasteiger partial charge in [-0.15, -0.1) is 0 Å². The number of anilines is 1. The molecule has 1 aromatic heterocycles. The lowest BCUT2D eigenvalue weighted by Crippen LogP contribution is -2.05. The quantitative estimate of drug-likeness (QED) is 0.530. The van der Waals surface area contributed by atoms with Gasteiger partial charge in [-0.2, -0.15) is 0 Å². The molecule has 2 rings (SSSR count). The number of nitro groups is 1. The minimum Gasteiger partial charge on any atom is -0.360 e. The summed E-state index contributed by atoms with van der Waals surface area (Å²) >= 11 is 5.73. The molecule has 7 heteroatoms. The van der Waals surface area contributed by atoms with E-state index >= 15 is 0 Å². The molecule has 0 spiro atoms. The van der Waals surface area contributed by atoms with Crippen molar-refractivity contribution >= 4 is 23.1 Å². The van der Waals surface area contributed by atoms with Crippen LogP contribution in [0.25, 0.3) is 0 Å². The lowest BCUT2D eigenvalue weighted by molar-refractivity contribution is -0.384. The summed E-state index contributed by atoms with van der Waals surface area (Å²) in [5, 5.41) is 13.9. The Morgan fingerprint density at radius 2 is 2.15 bits per heavy atom. The van der Waals surface area contributed by atoms with Gasteiger partial charge >= 0.3 is 5.69 Å². The van der Waals surface area contributed by atoms with E-state index in [2.05, 4.69) is 10.3 Å². The van der Waals surface area contributed by atoms with Gasteiger partial charge in [0.05, 0.1) is 4.92 Å². The zero-order chi connectivity index (χ0) is 14.7. The van der Waals surface area contributed by atoms with E-state index in [1.807, 2.05) is 0 Å². The highest BCUT2D eigenvalue weighted by Crippen LogP contribution is 2.24. The maximum absolute atomic E-state index is 13.1. The second-order valence-electron chi connectivity index (χ2n) is 4.20. The molecule has 0 atom stereocenters. The van der Waals surface area contributed by atoms with Crippen LogP contribution in [0.2, 0.25) is 5.15 Å². The Hall–Kier alpha value is -2.21. The van der Waals surface area contributed by atoms with Crippen molar-refractivity contribution in [3.63, 3.8) is 0 Å². The summed E-state index contributed by atoms with van der Waals surface area (Å²) in [5.41, 5.74) is 1.14. The third-order valence-electron chi connectivity index (χ3n) is 2.72. The molecule has 0 aliphatic rings. The fourth-order valence-corrected chi connectivity index (χ4v) is 1.86. The number of halogens is 2. The van der Waals surface area contributed by atoms with Crippen molar-refractivity contribution in [3.8, 4) is 0 Å². The number of pyridine rings is 1. The molecule has 1 aromatic carbocycles. The molecule has 1 heterocycles. The van der Waals surface area contributed by atoms with Gasteiger partial charge < -0.3 is 5.32 Å². The number of benzene rings is 1. The second-order valence-corrected chi connectivity index (χ2v) is 4.58. The number of hydrogen-bond acceptors (Lipinski definition) is 4. The molecule has 2 aromatic rings. The molecule has 0 aliphatic carbocycles. The lowest BCUT2D eigenvalue weighted by Gasteiger charge is -2.07. The van der Waals surface area contributed by atoms with E-state index in [4.69, 9.17) is 11.6 Å². The highest BCUT2D eigenvalue weighted by molar-refractivity contribution is 6.29. The molecule has 0 bridgehead atoms. The van der Waals surface area contributed by atoms with Crippen LogP contribution >= 0.6 is 11.6 Å². The van der Waals surface area contributed by atoms with Crippen molar-refractivity contribution in [2.45, 2.75) is 13.5 Å². The SMILES string of the molecule is Cc1cc(CNc2nc(Cl)ccc2[N+](=O)[O-])ccc1F. The first-order valence-electron chi connectivity index (χ1n) is 5.77. The van der Waals surface area contributed by atoms with E-state index in [9.17, 15) is 14.5 Å². The molecule has 20 heavy (non-hydrogen) atoms. The topological polar surface area (TPSA) is 68.1 Å². The molecule has 0 radical (unpaired) electrons. The number of aromatic nitrogens is 1. The second kappa shape index (κ2) is 5.83. The average molecular weight is 296 g/mol. The molecule has 5 nitrogen and oxygen atoms in total. The first-order valence-corrected chi connectivity index (χ1v) is 6.15. The summed E-state index contributed by atoms with van der Waals surface area (Å²) in [4.78, 5) is 14.2. The molecular weight excluding hydrogens is 285 g/mol. The fourth-order valence-electron chi connectivity index (χ4n) is 1.71. The minimum absolute atomic E-state index is 0.0875. The van der Waals surface area contributed by atoms with Crippen LogP contribution in [0.5, 0.6) is 0 Å². The van der Waals surface area contributed by atoms with Crippen LogP contribution in [-0.2, 0) is 6.54 Å². The Morgan fingerprint density at radius 1 is 1.40 bits per heavy atom. The van der Waals surface area contributed by atoms with Crippen LogP contribution in [0, 0.1) is 22.9 Å². The maximum Gasteiger partial charge on any atom is 0.311 e. The van der Waals surface area contributed by atoms with Crippen LogP contribution < -0.4 is 5.32 Å². The number of nitrogens with one attached hydrogen (secondary N) is 1. The normalized spacial score (nSPS) is 10.3. The van der Waals surface area contributed by atoms with Crippen LogP contribution in [0.1, 0.15) is 11.1 Å². The molecular formula is C13H11ClFN3O2. The van der Waals surface area contributed by atoms with E-state index in [1.165, 1.54) is 18.2 Å². The largest absolute Gasteiger partial charge is 0.360 e. The molecule has 0 amide bonds. The monoisotopic (exact) mass is 295 g/mol. The van der Waals surface area contributed by atoms with Gasteiger partial charge in [0.15, 0.2) is 0 Å². The summed E-state index contributed by atoms with van der Waals surface area (Å²) < 4.78 is 13.1. The minimum atomic E-state index is -0.540. The average Bonchev–Trinajstić information content (AvgIpc) is 2.40. The molecule has 0 saturated heterocycles. The smallest absolute Gasteiger partial charge is 0.311 e. The summed E-state index contributed by atoms with van der Waals surface area (Å²) in [6.45, 7) is 1.94. The van der Waals surface area contributed by atoms with Gasteiger partial charge in [-0.05, 0) is 30.2 Å². The Bertz CT molecular complexity index is 664. The number of rotatable bonds is 4. The Balaban J connectivity index is 2.20. The van der Waals surface area contributed by atoms with Gasteiger partial charge in [0, 0.05) is 12.6 Å². The molecule has 0 fully saturated rings. The Kier molecular flexibility index (Phi) is 4.14. The van der Waals surface area contributed by atoms with Crippen molar-refractivity contribution in [1.29, 1.82) is 0 Å². The molecule has 0 saturated carbocycles. The van der Waals surface area contributed by atoms with Gasteiger partial charge in [0.25, 0.3) is 0 Å². The van der Waals surface area contributed by atoms with Gasteiger partial charge in [-0.1, -0.05) is 23.7 Å². The van der Waals surface area contributed by atoms with E-state index < -0.39 is 4.92 Å². The summed E-state index contributed by atoms with van der Waals surface area (Å²) in [6.07, 6.45) is 0. The number of aryl methyl sites for hydroxylation is 1. The Labute approximate surface area is 119 Å². The zero-order valence-corrected chi connectivity index (χ0v) is 11.3. The summed E-state index contributed by atoms with van der Waals surface area (Å²) in [7, 11) is 0. The van der Waals surface area contributed by atoms with E-state index in [0.717, 1.165) is 5.56 Å². The van der Waals surface area contributed by atoms with Gasteiger partial charge in [-0.25, -0.2) is 9.37 Å². The van der Waals surface area contributed by atoms with E-state index in [-0.39, 0.29) is 29.0 Å². The zero-order valence-electron chi connectivity index (χ0n) is 10.6. The molecule has 104 valence electrons. The first-order chi connectivity index (χ1) is 9.47. The molecule has 1 N–H and O–H groups in total. The number of hydrogen-bond donors (Lipinski definition) is 1. The summed E-state index contributed by atoms with van der Waals surface area (Å²) in [5.74, 6) is -0.204. The highest BCUT2D eigenvalue weighted by Gasteiger charge is 2.15. The van der Waals surface area contributed by atoms with Gasteiger partial charge in [0.2, 0.25) is 5.82 Å². The van der Waals surface area contributed by atoms with Gasteiger partial charge in [-0.3, -0.25) is 10.1 Å². The highest BCUT2D eigenvalue weighted by atomic mass is 35.5. The van der Waals surface area contributed by atoms with Crippen molar-refractivity contribution in [1.82, 2.24) is 4.98 Å². The molecule has 0 unspecified atom stereocenters. The van der Waals surface area contributed by atoms with Crippen LogP contribution in [0.3, 0.4) is 0 Å². The van der Waals surface area contributed by atoms with Crippen LogP contribution in [0.15, 0.2) is 30.3 Å². The lowest BCUT2D eigenvalue weighted by atomic mass is 10.1. The third kappa shape index (κ3) is 3.21. The summed E-state index contributed by atoms with van der Waals surface area (Å²) in [6, 6.07) is 7.26. The van der Waals surface area contributed by atoms with Crippen LogP contribution in [-0.4, -0.2) is 9.91 Å². The molecule has 0 aliphatic heterocycles.